The van der Waals surface area contributed by atoms with E-state index in [0.717, 1.165) is 9.88 Å². The van der Waals surface area contributed by atoms with E-state index in [0.29, 0.717) is 12.2 Å². The minimum absolute atomic E-state index is 0.166. The number of aromatic nitrogens is 4. The van der Waals surface area contributed by atoms with Crippen LogP contribution in [0.3, 0.4) is 0 Å². The van der Waals surface area contributed by atoms with E-state index in [1.807, 2.05) is 6.92 Å². The highest BCUT2D eigenvalue weighted by molar-refractivity contribution is 7.11. The number of rotatable bonds is 5. The predicted octanol–water partition coefficient (Wildman–Crippen LogP) is 1.74. The molecule has 0 bridgehead atoms. The smallest absolute Gasteiger partial charge is 0.361 e. The zero-order chi connectivity index (χ0) is 13.8. The molecule has 0 radical (unpaired) electrons. The van der Waals surface area contributed by atoms with Crippen LogP contribution in [-0.4, -0.2) is 32.6 Å². The third kappa shape index (κ3) is 3.05. The van der Waals surface area contributed by atoms with Crippen LogP contribution in [0, 0.1) is 13.8 Å². The number of carbonyl (C=O) groups excluding carboxylic acids is 1. The van der Waals surface area contributed by atoms with Gasteiger partial charge < -0.3 is 4.74 Å². The van der Waals surface area contributed by atoms with Crippen LogP contribution in [0.2, 0.25) is 0 Å². The molecule has 0 saturated carbocycles. The van der Waals surface area contributed by atoms with Crippen LogP contribution >= 0.6 is 11.3 Å². The van der Waals surface area contributed by atoms with Crippen molar-refractivity contribution in [1.29, 1.82) is 0 Å². The number of ether oxygens (including phenoxy) is 1. The van der Waals surface area contributed by atoms with E-state index < -0.39 is 5.97 Å². The molecule has 0 saturated heterocycles. The summed E-state index contributed by atoms with van der Waals surface area (Å²) < 4.78 is 6.61. The van der Waals surface area contributed by atoms with Crippen LogP contribution in [0.15, 0.2) is 18.9 Å². The Morgan fingerprint density at radius 2 is 2.37 bits per heavy atom. The highest BCUT2D eigenvalue weighted by Crippen LogP contribution is 2.14. The average Bonchev–Trinajstić information content (AvgIpc) is 2.95. The van der Waals surface area contributed by atoms with Gasteiger partial charge in [-0.15, -0.1) is 16.4 Å². The van der Waals surface area contributed by atoms with E-state index in [9.17, 15) is 4.79 Å². The molecule has 100 valence electrons. The van der Waals surface area contributed by atoms with Gasteiger partial charge in [-0.3, -0.25) is 0 Å². The number of esters is 1. The maximum atomic E-state index is 11.7. The summed E-state index contributed by atoms with van der Waals surface area (Å²) in [4.78, 5) is 16.9. The summed E-state index contributed by atoms with van der Waals surface area (Å²) in [7, 11) is 0. The molecule has 0 aliphatic carbocycles. The summed E-state index contributed by atoms with van der Waals surface area (Å²) in [5, 5.41) is 8.83. The summed E-state index contributed by atoms with van der Waals surface area (Å²) in [5.74, 6) is -0.482. The van der Waals surface area contributed by atoms with Crippen LogP contribution < -0.4 is 0 Å². The Hall–Kier alpha value is -2.02. The van der Waals surface area contributed by atoms with Gasteiger partial charge in [0.2, 0.25) is 0 Å². The second kappa shape index (κ2) is 5.75. The first-order valence-corrected chi connectivity index (χ1v) is 6.53. The molecule has 0 unspecified atom stereocenters. The SMILES string of the molecule is C=CCOC(=O)c1nnn(Cc2cnc(C)s2)c1C. The van der Waals surface area contributed by atoms with Crippen molar-refractivity contribution in [2.75, 3.05) is 6.61 Å². The summed E-state index contributed by atoms with van der Waals surface area (Å²) in [6, 6.07) is 0. The second-order valence-electron chi connectivity index (χ2n) is 3.91. The Kier molecular flexibility index (Phi) is 4.06. The fourth-order valence-corrected chi connectivity index (χ4v) is 2.31. The number of hydrogen-bond acceptors (Lipinski definition) is 6. The van der Waals surface area contributed by atoms with Crippen molar-refractivity contribution in [3.63, 3.8) is 0 Å². The molecular formula is C12H14N4O2S. The first kappa shape index (κ1) is 13.4. The lowest BCUT2D eigenvalue weighted by Crippen LogP contribution is -2.08. The van der Waals surface area contributed by atoms with Crippen LogP contribution in [0.4, 0.5) is 0 Å². The summed E-state index contributed by atoms with van der Waals surface area (Å²) in [5.41, 5.74) is 0.920. The van der Waals surface area contributed by atoms with E-state index in [-0.39, 0.29) is 12.3 Å². The van der Waals surface area contributed by atoms with Crippen molar-refractivity contribution < 1.29 is 9.53 Å². The molecule has 0 amide bonds. The van der Waals surface area contributed by atoms with Gasteiger partial charge in [0.15, 0.2) is 5.69 Å². The van der Waals surface area contributed by atoms with E-state index in [2.05, 4.69) is 21.9 Å². The lowest BCUT2D eigenvalue weighted by molar-refractivity contribution is 0.0542. The number of aryl methyl sites for hydroxylation is 1. The molecule has 2 rings (SSSR count). The van der Waals surface area contributed by atoms with Gasteiger partial charge in [-0.1, -0.05) is 17.9 Å². The van der Waals surface area contributed by atoms with Crippen molar-refractivity contribution in [1.82, 2.24) is 20.0 Å². The molecule has 2 heterocycles. The molecule has 2 aromatic heterocycles. The molecule has 0 fully saturated rings. The second-order valence-corrected chi connectivity index (χ2v) is 5.23. The largest absolute Gasteiger partial charge is 0.457 e. The Balaban J connectivity index is 2.13. The van der Waals surface area contributed by atoms with Crippen molar-refractivity contribution in [2.24, 2.45) is 0 Å². The summed E-state index contributed by atoms with van der Waals surface area (Å²) in [6.45, 7) is 7.94. The number of thiazole rings is 1. The summed E-state index contributed by atoms with van der Waals surface area (Å²) in [6.07, 6.45) is 3.31. The van der Waals surface area contributed by atoms with Gasteiger partial charge in [-0.25, -0.2) is 14.5 Å². The van der Waals surface area contributed by atoms with Crippen LogP contribution in [-0.2, 0) is 11.3 Å². The lowest BCUT2D eigenvalue weighted by atomic mass is 10.3. The summed E-state index contributed by atoms with van der Waals surface area (Å²) >= 11 is 1.59. The Bertz CT molecular complexity index is 603. The van der Waals surface area contributed by atoms with Gasteiger partial charge in [-0.05, 0) is 13.8 Å². The molecule has 0 atom stereocenters. The maximum absolute atomic E-state index is 11.7. The minimum atomic E-state index is -0.482. The Morgan fingerprint density at radius 3 is 3.00 bits per heavy atom. The molecule has 0 aromatic carbocycles. The van der Waals surface area contributed by atoms with Gasteiger partial charge in [0.1, 0.15) is 6.61 Å². The normalized spacial score (nSPS) is 10.4. The monoisotopic (exact) mass is 278 g/mol. The number of carbonyl (C=O) groups is 1. The predicted molar refractivity (Wildman–Crippen MR) is 71.2 cm³/mol. The minimum Gasteiger partial charge on any atom is -0.457 e. The Labute approximate surface area is 114 Å². The van der Waals surface area contributed by atoms with Crippen LogP contribution in [0.5, 0.6) is 0 Å². The molecule has 19 heavy (non-hydrogen) atoms. The van der Waals surface area contributed by atoms with Crippen LogP contribution in [0.25, 0.3) is 0 Å². The number of hydrogen-bond donors (Lipinski definition) is 0. The van der Waals surface area contributed by atoms with Crippen molar-refractivity contribution in [2.45, 2.75) is 20.4 Å². The van der Waals surface area contributed by atoms with E-state index in [1.165, 1.54) is 6.08 Å². The fraction of sp³-hybridized carbons (Fsp3) is 0.333. The fourth-order valence-electron chi connectivity index (χ4n) is 1.53. The van der Waals surface area contributed by atoms with Gasteiger partial charge in [0, 0.05) is 11.1 Å². The average molecular weight is 278 g/mol. The van der Waals surface area contributed by atoms with Gasteiger partial charge in [0.25, 0.3) is 0 Å². The Morgan fingerprint density at radius 1 is 1.58 bits per heavy atom. The molecule has 0 aliphatic rings. The zero-order valence-corrected chi connectivity index (χ0v) is 11.6. The zero-order valence-electron chi connectivity index (χ0n) is 10.8. The van der Waals surface area contributed by atoms with Gasteiger partial charge in [-0.2, -0.15) is 0 Å². The number of nitrogens with zero attached hydrogens (tertiary/aromatic N) is 4. The highest BCUT2D eigenvalue weighted by Gasteiger charge is 2.17. The lowest BCUT2D eigenvalue weighted by Gasteiger charge is -2.01. The third-order valence-electron chi connectivity index (χ3n) is 2.48. The van der Waals surface area contributed by atoms with Crippen LogP contribution in [0.1, 0.15) is 26.1 Å². The highest BCUT2D eigenvalue weighted by atomic mass is 32.1. The molecule has 0 aliphatic heterocycles. The molecule has 6 nitrogen and oxygen atoms in total. The van der Waals surface area contributed by atoms with Crippen molar-refractivity contribution in [3.8, 4) is 0 Å². The van der Waals surface area contributed by atoms with Gasteiger partial charge >= 0.3 is 5.97 Å². The maximum Gasteiger partial charge on any atom is 0.361 e. The molecule has 0 N–H and O–H groups in total. The van der Waals surface area contributed by atoms with Crippen molar-refractivity contribution in [3.05, 3.63) is 40.1 Å². The van der Waals surface area contributed by atoms with Gasteiger partial charge in [0.05, 0.1) is 17.2 Å². The van der Waals surface area contributed by atoms with Crippen molar-refractivity contribution >= 4 is 17.3 Å². The molecule has 2 aromatic rings. The quantitative estimate of drug-likeness (QED) is 0.615. The van der Waals surface area contributed by atoms with E-state index in [1.54, 1.807) is 29.1 Å². The topological polar surface area (TPSA) is 69.9 Å². The third-order valence-corrected chi connectivity index (χ3v) is 3.38. The molecule has 7 heteroatoms. The van der Waals surface area contributed by atoms with E-state index >= 15 is 0 Å². The molecular weight excluding hydrogens is 264 g/mol. The first-order chi connectivity index (χ1) is 9.11. The standard InChI is InChI=1S/C12H14N4O2S/c1-4-5-18-12(17)11-8(2)16(15-14-11)7-10-6-13-9(3)19-10/h4,6H,1,5,7H2,2-3H3. The molecule has 0 spiro atoms. The first-order valence-electron chi connectivity index (χ1n) is 5.71. The van der Waals surface area contributed by atoms with E-state index in [4.69, 9.17) is 4.74 Å².